The summed E-state index contributed by atoms with van der Waals surface area (Å²) in [5, 5.41) is 95.1. The van der Waals surface area contributed by atoms with E-state index in [2.05, 4.69) is 0 Å². The fraction of sp³-hybridized carbons (Fsp3) is 0.400. The number of phenolic OH excluding ortho intramolecular Hbond substituents is 4. The Labute approximate surface area is 299 Å². The molecule has 0 unspecified atom stereocenters. The summed E-state index contributed by atoms with van der Waals surface area (Å²) in [6.45, 7) is 0.576. The van der Waals surface area contributed by atoms with Crippen molar-refractivity contribution in [3.8, 4) is 57.3 Å². The second-order valence-corrected chi connectivity index (χ2v) is 12.3. The molecule has 1 aromatic heterocycles. The molecule has 18 heteroatoms. The van der Waals surface area contributed by atoms with Crippen molar-refractivity contribution in [2.45, 2.75) is 68.3 Å². The Morgan fingerprint density at radius 1 is 0.736 bits per heavy atom. The fourth-order valence-corrected chi connectivity index (χ4v) is 6.09. The molecule has 0 aliphatic carbocycles. The normalized spacial score (nSPS) is 28.8. The highest BCUT2D eigenvalue weighted by molar-refractivity contribution is 5.88. The Morgan fingerprint density at radius 3 is 2.02 bits per heavy atom. The first-order valence-corrected chi connectivity index (χ1v) is 16.2. The van der Waals surface area contributed by atoms with E-state index in [0.29, 0.717) is 0 Å². The molecule has 3 heterocycles. The molecule has 2 saturated heterocycles. The Hall–Kier alpha value is -5.05. The molecule has 0 spiro atoms. The van der Waals surface area contributed by atoms with Gasteiger partial charge < -0.3 is 83.5 Å². The van der Waals surface area contributed by atoms with Gasteiger partial charge in [0.1, 0.15) is 70.6 Å². The predicted octanol–water partition coefficient (Wildman–Crippen LogP) is 0.417. The third-order valence-corrected chi connectivity index (χ3v) is 8.90. The van der Waals surface area contributed by atoms with Crippen molar-refractivity contribution < 1.29 is 83.5 Å². The average molecular weight is 747 g/mol. The molecule has 2 aliphatic heterocycles. The molecule has 0 amide bonds. The third-order valence-electron chi connectivity index (χ3n) is 8.90. The van der Waals surface area contributed by atoms with Crippen LogP contribution in [0.5, 0.6) is 46.0 Å². The molecular formula is C35H38O18. The van der Waals surface area contributed by atoms with Crippen molar-refractivity contribution in [3.05, 3.63) is 58.8 Å². The first-order valence-electron chi connectivity index (χ1n) is 16.2. The summed E-state index contributed by atoms with van der Waals surface area (Å²) in [4.78, 5) is 13.9. The SMILES string of the molecule is COc1cc(O[C@H]2[C@H](O[C@@H]3[C@@H](O)[C@H](Oc4c(-c5ccc(O)cc5)oc5cc(O)cc(O)c5c4=O)O[C@H](CO)[C@H]3O)O[C@@H](C)[C@H](O)[C@H]2O)cc(OC)c1O. The number of aromatic hydroxyl groups is 4. The topological polar surface area (TPSA) is 277 Å². The highest BCUT2D eigenvalue weighted by atomic mass is 16.7. The van der Waals surface area contributed by atoms with Crippen molar-refractivity contribution in [1.29, 1.82) is 0 Å². The number of benzene rings is 3. The number of hydrogen-bond acceptors (Lipinski definition) is 18. The summed E-state index contributed by atoms with van der Waals surface area (Å²) in [7, 11) is 2.56. The zero-order valence-electron chi connectivity index (χ0n) is 28.3. The maximum absolute atomic E-state index is 13.9. The van der Waals surface area contributed by atoms with Crippen LogP contribution in [0.3, 0.4) is 0 Å². The number of ether oxygens (including phenoxy) is 7. The van der Waals surface area contributed by atoms with Crippen LogP contribution in [0.2, 0.25) is 0 Å². The third kappa shape index (κ3) is 7.18. The first-order chi connectivity index (χ1) is 25.3. The number of fused-ring (bicyclic) bond motifs is 1. The van der Waals surface area contributed by atoms with E-state index in [9.17, 15) is 50.8 Å². The van der Waals surface area contributed by atoms with E-state index in [0.717, 1.165) is 12.1 Å². The second-order valence-electron chi connectivity index (χ2n) is 12.3. The molecule has 53 heavy (non-hydrogen) atoms. The fourth-order valence-electron chi connectivity index (χ4n) is 6.09. The van der Waals surface area contributed by atoms with E-state index >= 15 is 0 Å². The van der Waals surface area contributed by atoms with E-state index in [-0.39, 0.29) is 45.7 Å². The molecule has 4 aromatic rings. The molecular weight excluding hydrogens is 708 g/mol. The van der Waals surface area contributed by atoms with Crippen LogP contribution < -0.4 is 24.4 Å². The number of phenols is 4. The van der Waals surface area contributed by atoms with Gasteiger partial charge in [0.15, 0.2) is 29.7 Å². The zero-order chi connectivity index (χ0) is 38.3. The highest BCUT2D eigenvalue weighted by Crippen LogP contribution is 2.42. The van der Waals surface area contributed by atoms with Crippen molar-refractivity contribution in [2.75, 3.05) is 20.8 Å². The van der Waals surface area contributed by atoms with Gasteiger partial charge in [0.05, 0.1) is 26.9 Å². The molecule has 18 nitrogen and oxygen atoms in total. The number of aliphatic hydroxyl groups excluding tert-OH is 5. The second kappa shape index (κ2) is 15.1. The van der Waals surface area contributed by atoms with E-state index in [1.54, 1.807) is 0 Å². The maximum Gasteiger partial charge on any atom is 0.239 e. The Balaban J connectivity index is 1.36. The first kappa shape index (κ1) is 37.7. The van der Waals surface area contributed by atoms with E-state index in [4.69, 9.17) is 37.6 Å². The molecule has 2 aliphatic rings. The Morgan fingerprint density at radius 2 is 1.40 bits per heavy atom. The van der Waals surface area contributed by atoms with Gasteiger partial charge in [-0.15, -0.1) is 0 Å². The van der Waals surface area contributed by atoms with Crippen LogP contribution in [0, 0.1) is 0 Å². The van der Waals surface area contributed by atoms with Crippen LogP contribution in [0.4, 0.5) is 0 Å². The standard InChI is InChI=1S/C35H38O18/c1-13-24(40)28(44)33(49-17-10-20(46-2)25(41)21(11-17)47-3)35(48-13)52-31-26(42)22(12-36)51-34(29(31)45)53-32-27(43)23-18(39)8-16(38)9-19(23)50-30(32)14-4-6-15(37)7-5-14/h4-11,13,22,24,26,28-29,31,33-42,44-45H,12H2,1-3H3/t13-,22+,24-,26+,28+,29+,31-,33+,34-,35-/m0/s1. The zero-order valence-corrected chi connectivity index (χ0v) is 28.3. The molecule has 10 atom stereocenters. The molecule has 0 radical (unpaired) electrons. The summed E-state index contributed by atoms with van der Waals surface area (Å²) < 4.78 is 45.6. The average Bonchev–Trinajstić information content (AvgIpc) is 3.13. The monoisotopic (exact) mass is 746 g/mol. The van der Waals surface area contributed by atoms with Crippen LogP contribution in [0.25, 0.3) is 22.3 Å². The number of methoxy groups -OCH3 is 2. The lowest BCUT2D eigenvalue weighted by Crippen LogP contribution is -2.65. The molecule has 0 saturated carbocycles. The van der Waals surface area contributed by atoms with Gasteiger partial charge in [-0.2, -0.15) is 0 Å². The lowest BCUT2D eigenvalue weighted by atomic mass is 9.97. The smallest absolute Gasteiger partial charge is 0.239 e. The molecule has 286 valence electrons. The minimum absolute atomic E-state index is 0.0385. The van der Waals surface area contributed by atoms with Gasteiger partial charge in [-0.25, -0.2) is 0 Å². The molecule has 6 rings (SSSR count). The molecule has 9 N–H and O–H groups in total. The summed E-state index contributed by atoms with van der Waals surface area (Å²) in [6.07, 6.45) is -16.4. The molecule has 0 bridgehead atoms. The van der Waals surface area contributed by atoms with Gasteiger partial charge in [-0.3, -0.25) is 4.79 Å². The predicted molar refractivity (Wildman–Crippen MR) is 178 cm³/mol. The number of hydrogen-bond donors (Lipinski definition) is 9. The van der Waals surface area contributed by atoms with E-state index < -0.39 is 96.1 Å². The van der Waals surface area contributed by atoms with Gasteiger partial charge in [-0.05, 0) is 31.2 Å². The van der Waals surface area contributed by atoms with Gasteiger partial charge in [0.2, 0.25) is 23.2 Å². The van der Waals surface area contributed by atoms with E-state index in [1.807, 2.05) is 0 Å². The number of rotatable bonds is 10. The van der Waals surface area contributed by atoms with Crippen molar-refractivity contribution in [3.63, 3.8) is 0 Å². The van der Waals surface area contributed by atoms with Crippen LogP contribution in [-0.2, 0) is 14.2 Å². The highest BCUT2D eigenvalue weighted by Gasteiger charge is 2.52. The summed E-state index contributed by atoms with van der Waals surface area (Å²) in [6, 6.07) is 9.83. The van der Waals surface area contributed by atoms with Crippen LogP contribution in [0.15, 0.2) is 57.7 Å². The lowest BCUT2D eigenvalue weighted by molar-refractivity contribution is -0.346. The Bertz CT molecular complexity index is 1960. The minimum atomic E-state index is -1.98. The minimum Gasteiger partial charge on any atom is -0.508 e. The van der Waals surface area contributed by atoms with Crippen molar-refractivity contribution in [2.24, 2.45) is 0 Å². The van der Waals surface area contributed by atoms with E-state index in [1.165, 1.54) is 57.5 Å². The summed E-state index contributed by atoms with van der Waals surface area (Å²) in [5.74, 6) is -2.60. The van der Waals surface area contributed by atoms with Gasteiger partial charge in [0.25, 0.3) is 0 Å². The summed E-state index contributed by atoms with van der Waals surface area (Å²) in [5.41, 5.74) is -1.03. The Kier molecular flexibility index (Phi) is 10.8. The quantitative estimate of drug-likeness (QED) is 0.106. The van der Waals surface area contributed by atoms with Gasteiger partial charge in [0, 0.05) is 29.8 Å². The van der Waals surface area contributed by atoms with Crippen molar-refractivity contribution >= 4 is 11.0 Å². The number of aliphatic hydroxyl groups is 5. The van der Waals surface area contributed by atoms with Crippen LogP contribution in [-0.4, -0.2) is 128 Å². The van der Waals surface area contributed by atoms with Crippen molar-refractivity contribution in [1.82, 2.24) is 0 Å². The maximum atomic E-state index is 13.9. The van der Waals surface area contributed by atoms with Crippen LogP contribution in [0.1, 0.15) is 6.92 Å². The summed E-state index contributed by atoms with van der Waals surface area (Å²) >= 11 is 0. The van der Waals surface area contributed by atoms with Crippen LogP contribution >= 0.6 is 0 Å². The lowest BCUT2D eigenvalue weighted by Gasteiger charge is -2.46. The largest absolute Gasteiger partial charge is 0.508 e. The molecule has 3 aromatic carbocycles. The van der Waals surface area contributed by atoms with Gasteiger partial charge in [-0.1, -0.05) is 0 Å². The van der Waals surface area contributed by atoms with Gasteiger partial charge >= 0.3 is 0 Å². The molecule has 2 fully saturated rings.